The number of hydrogen-bond donors (Lipinski definition) is 0. The third-order valence-electron chi connectivity index (χ3n) is 3.07. The lowest BCUT2D eigenvalue weighted by molar-refractivity contribution is 0.414. The largest absolute Gasteiger partial charge is 0.497 e. The SMILES string of the molecule is COc1ccc2oc(=O)n(-c3cccc(Cl)c3)c(=S)c2c1. The molecule has 0 saturated heterocycles. The zero-order chi connectivity index (χ0) is 15.0. The summed E-state index contributed by atoms with van der Waals surface area (Å²) in [5, 5.41) is 1.14. The Morgan fingerprint density at radius 2 is 2.05 bits per heavy atom. The molecular weight excluding hydrogens is 310 g/mol. The van der Waals surface area contributed by atoms with Crippen molar-refractivity contribution in [2.45, 2.75) is 0 Å². The molecule has 0 aliphatic rings. The number of aromatic nitrogens is 1. The standard InChI is InChI=1S/C15H10ClNO3S/c1-19-11-5-6-13-12(8-11)14(21)17(15(18)20-13)10-4-2-3-9(16)7-10/h2-8H,1H3. The van der Waals surface area contributed by atoms with Gasteiger partial charge in [-0.25, -0.2) is 9.36 Å². The highest BCUT2D eigenvalue weighted by Crippen LogP contribution is 2.22. The summed E-state index contributed by atoms with van der Waals surface area (Å²) in [5.41, 5.74) is 0.982. The first-order valence-electron chi connectivity index (χ1n) is 6.10. The minimum absolute atomic E-state index is 0.349. The molecule has 0 aliphatic carbocycles. The van der Waals surface area contributed by atoms with Crippen LogP contribution in [-0.2, 0) is 0 Å². The summed E-state index contributed by atoms with van der Waals surface area (Å²) in [4.78, 5) is 12.2. The Morgan fingerprint density at radius 3 is 2.76 bits per heavy atom. The Bertz CT molecular complexity index is 946. The van der Waals surface area contributed by atoms with Crippen LogP contribution in [0.1, 0.15) is 0 Å². The van der Waals surface area contributed by atoms with Crippen molar-refractivity contribution in [3.05, 3.63) is 62.7 Å². The van der Waals surface area contributed by atoms with E-state index < -0.39 is 5.76 Å². The average Bonchev–Trinajstić information content (AvgIpc) is 2.47. The highest BCUT2D eigenvalue weighted by Gasteiger charge is 2.10. The minimum atomic E-state index is -0.556. The Morgan fingerprint density at radius 1 is 1.24 bits per heavy atom. The number of methoxy groups -OCH3 is 1. The molecule has 0 spiro atoms. The molecule has 4 nitrogen and oxygen atoms in total. The Kier molecular flexibility index (Phi) is 3.53. The van der Waals surface area contributed by atoms with Crippen LogP contribution in [0.4, 0.5) is 0 Å². The molecule has 0 radical (unpaired) electrons. The van der Waals surface area contributed by atoms with Gasteiger partial charge in [-0.2, -0.15) is 0 Å². The van der Waals surface area contributed by atoms with Gasteiger partial charge in [0, 0.05) is 5.02 Å². The Hall–Kier alpha value is -2.11. The van der Waals surface area contributed by atoms with E-state index in [1.807, 2.05) is 0 Å². The van der Waals surface area contributed by atoms with Gasteiger partial charge in [0.05, 0.1) is 18.2 Å². The lowest BCUT2D eigenvalue weighted by Crippen LogP contribution is -2.18. The van der Waals surface area contributed by atoms with Crippen LogP contribution in [-0.4, -0.2) is 11.7 Å². The van der Waals surface area contributed by atoms with Gasteiger partial charge in [-0.05, 0) is 36.4 Å². The summed E-state index contributed by atoms with van der Waals surface area (Å²) >= 11 is 11.4. The summed E-state index contributed by atoms with van der Waals surface area (Å²) in [5.74, 6) is 0.0834. The molecule has 0 aliphatic heterocycles. The summed E-state index contributed by atoms with van der Waals surface area (Å²) in [6.45, 7) is 0. The van der Waals surface area contributed by atoms with Gasteiger partial charge in [-0.3, -0.25) is 0 Å². The van der Waals surface area contributed by atoms with Crippen molar-refractivity contribution in [1.82, 2.24) is 4.57 Å². The molecule has 0 N–H and O–H groups in total. The third kappa shape index (κ3) is 2.46. The second-order valence-electron chi connectivity index (χ2n) is 4.35. The first kappa shape index (κ1) is 13.9. The summed E-state index contributed by atoms with van der Waals surface area (Å²) in [7, 11) is 1.56. The van der Waals surface area contributed by atoms with Gasteiger partial charge in [0.25, 0.3) is 0 Å². The van der Waals surface area contributed by atoms with E-state index in [0.717, 1.165) is 0 Å². The highest BCUT2D eigenvalue weighted by atomic mass is 35.5. The fourth-order valence-electron chi connectivity index (χ4n) is 2.07. The molecule has 0 saturated carbocycles. The molecule has 3 rings (SSSR count). The number of ether oxygens (including phenoxy) is 1. The van der Waals surface area contributed by atoms with Crippen LogP contribution in [0.25, 0.3) is 16.7 Å². The molecule has 0 amide bonds. The van der Waals surface area contributed by atoms with Crippen molar-refractivity contribution < 1.29 is 9.15 Å². The van der Waals surface area contributed by atoms with E-state index in [-0.39, 0.29) is 0 Å². The van der Waals surface area contributed by atoms with E-state index in [4.69, 9.17) is 33.0 Å². The maximum atomic E-state index is 12.2. The predicted molar refractivity (Wildman–Crippen MR) is 84.2 cm³/mol. The molecule has 3 aromatic rings. The van der Waals surface area contributed by atoms with Crippen molar-refractivity contribution in [1.29, 1.82) is 0 Å². The van der Waals surface area contributed by atoms with Crippen molar-refractivity contribution in [2.75, 3.05) is 7.11 Å². The lowest BCUT2D eigenvalue weighted by Gasteiger charge is -2.08. The van der Waals surface area contributed by atoms with E-state index in [0.29, 0.717) is 32.1 Å². The molecule has 0 atom stereocenters. The topological polar surface area (TPSA) is 44.4 Å². The van der Waals surface area contributed by atoms with Gasteiger partial charge in [-0.1, -0.05) is 29.9 Å². The number of halogens is 1. The van der Waals surface area contributed by atoms with E-state index in [9.17, 15) is 4.79 Å². The number of nitrogens with zero attached hydrogens (tertiary/aromatic N) is 1. The Labute approximate surface area is 130 Å². The molecule has 21 heavy (non-hydrogen) atoms. The molecule has 0 fully saturated rings. The molecular formula is C15H10ClNO3S. The van der Waals surface area contributed by atoms with E-state index >= 15 is 0 Å². The van der Waals surface area contributed by atoms with Gasteiger partial charge < -0.3 is 9.15 Å². The molecule has 1 heterocycles. The van der Waals surface area contributed by atoms with Crippen LogP contribution in [0, 0.1) is 4.64 Å². The maximum absolute atomic E-state index is 12.2. The number of hydrogen-bond acceptors (Lipinski definition) is 4. The molecule has 6 heteroatoms. The van der Waals surface area contributed by atoms with Crippen LogP contribution >= 0.6 is 23.8 Å². The second kappa shape index (κ2) is 5.35. The summed E-state index contributed by atoms with van der Waals surface area (Å²) in [6.07, 6.45) is 0. The fourth-order valence-corrected chi connectivity index (χ4v) is 2.60. The molecule has 1 aromatic heterocycles. The number of rotatable bonds is 2. The summed E-state index contributed by atoms with van der Waals surface area (Å²) in [6, 6.07) is 12.0. The highest BCUT2D eigenvalue weighted by molar-refractivity contribution is 7.71. The van der Waals surface area contributed by atoms with Crippen LogP contribution in [0.5, 0.6) is 5.75 Å². The first-order chi connectivity index (χ1) is 10.1. The second-order valence-corrected chi connectivity index (χ2v) is 5.17. The van der Waals surface area contributed by atoms with Gasteiger partial charge in [0.1, 0.15) is 16.0 Å². The zero-order valence-corrected chi connectivity index (χ0v) is 12.6. The lowest BCUT2D eigenvalue weighted by atomic mass is 10.2. The monoisotopic (exact) mass is 319 g/mol. The normalized spacial score (nSPS) is 10.8. The maximum Gasteiger partial charge on any atom is 0.425 e. The molecule has 0 bridgehead atoms. The average molecular weight is 320 g/mol. The first-order valence-corrected chi connectivity index (χ1v) is 6.88. The van der Waals surface area contributed by atoms with Gasteiger partial charge >= 0.3 is 5.76 Å². The third-order valence-corrected chi connectivity index (χ3v) is 3.70. The molecule has 0 unspecified atom stereocenters. The zero-order valence-electron chi connectivity index (χ0n) is 11.0. The smallest absolute Gasteiger partial charge is 0.425 e. The van der Waals surface area contributed by atoms with Crippen molar-refractivity contribution in [2.24, 2.45) is 0 Å². The Balaban J connectivity index is 2.38. The van der Waals surface area contributed by atoms with Crippen molar-refractivity contribution in [3.8, 4) is 11.4 Å². The summed E-state index contributed by atoms with van der Waals surface area (Å²) < 4.78 is 12.1. The van der Waals surface area contributed by atoms with Crippen LogP contribution in [0.2, 0.25) is 5.02 Å². The van der Waals surface area contributed by atoms with E-state index in [2.05, 4.69) is 0 Å². The van der Waals surface area contributed by atoms with Crippen molar-refractivity contribution >= 4 is 34.8 Å². The quantitative estimate of drug-likeness (QED) is 0.670. The van der Waals surface area contributed by atoms with Crippen molar-refractivity contribution in [3.63, 3.8) is 0 Å². The van der Waals surface area contributed by atoms with Crippen LogP contribution in [0.15, 0.2) is 51.7 Å². The van der Waals surface area contributed by atoms with Gasteiger partial charge in [0.15, 0.2) is 0 Å². The molecule has 2 aromatic carbocycles. The van der Waals surface area contributed by atoms with Gasteiger partial charge in [0.2, 0.25) is 0 Å². The van der Waals surface area contributed by atoms with Crippen LogP contribution < -0.4 is 10.5 Å². The van der Waals surface area contributed by atoms with Crippen LogP contribution in [0.3, 0.4) is 0 Å². The van der Waals surface area contributed by atoms with E-state index in [1.54, 1.807) is 49.6 Å². The van der Waals surface area contributed by atoms with E-state index in [1.165, 1.54) is 4.57 Å². The van der Waals surface area contributed by atoms with Gasteiger partial charge in [-0.15, -0.1) is 0 Å². The molecule has 106 valence electrons. The number of benzene rings is 2. The minimum Gasteiger partial charge on any atom is -0.497 e. The predicted octanol–water partition coefficient (Wildman–Crippen LogP) is 3.98. The number of fused-ring (bicyclic) bond motifs is 1. The fraction of sp³-hybridized carbons (Fsp3) is 0.0667.